The van der Waals surface area contributed by atoms with Gasteiger partial charge in [0.1, 0.15) is 0 Å². The fourth-order valence-electron chi connectivity index (χ4n) is 2.35. The SMILES string of the molecule is CC1OCCC1n1nnnc1-c1cc(N)ccc1Cl. The molecule has 3 rings (SSSR count). The summed E-state index contributed by atoms with van der Waals surface area (Å²) in [7, 11) is 0. The maximum atomic E-state index is 6.21. The lowest BCUT2D eigenvalue weighted by molar-refractivity contribution is 0.105. The van der Waals surface area contributed by atoms with E-state index in [1.54, 1.807) is 22.9 Å². The van der Waals surface area contributed by atoms with Crippen LogP contribution in [0.2, 0.25) is 5.02 Å². The van der Waals surface area contributed by atoms with Crippen LogP contribution in [-0.2, 0) is 4.74 Å². The summed E-state index contributed by atoms with van der Waals surface area (Å²) in [6.07, 6.45) is 0.973. The van der Waals surface area contributed by atoms with Crippen molar-refractivity contribution in [3.05, 3.63) is 23.2 Å². The molecule has 2 atom stereocenters. The second-order valence-electron chi connectivity index (χ2n) is 4.62. The van der Waals surface area contributed by atoms with Gasteiger partial charge in [-0.15, -0.1) is 5.10 Å². The van der Waals surface area contributed by atoms with Crippen LogP contribution in [-0.4, -0.2) is 32.9 Å². The quantitative estimate of drug-likeness (QED) is 0.850. The minimum absolute atomic E-state index is 0.0853. The Kier molecular flexibility index (Phi) is 3.12. The molecule has 100 valence electrons. The smallest absolute Gasteiger partial charge is 0.183 e. The summed E-state index contributed by atoms with van der Waals surface area (Å²) in [6.45, 7) is 2.74. The first kappa shape index (κ1) is 12.4. The van der Waals surface area contributed by atoms with Crippen molar-refractivity contribution >= 4 is 17.3 Å². The van der Waals surface area contributed by atoms with Gasteiger partial charge in [0.15, 0.2) is 5.82 Å². The van der Waals surface area contributed by atoms with Crippen molar-refractivity contribution in [3.8, 4) is 11.4 Å². The molecule has 2 heterocycles. The van der Waals surface area contributed by atoms with Gasteiger partial charge in [0, 0.05) is 17.9 Å². The highest BCUT2D eigenvalue weighted by Gasteiger charge is 2.30. The predicted molar refractivity (Wildman–Crippen MR) is 71.7 cm³/mol. The summed E-state index contributed by atoms with van der Waals surface area (Å²) < 4.78 is 7.34. The van der Waals surface area contributed by atoms with Crippen molar-refractivity contribution in [1.82, 2.24) is 20.2 Å². The Morgan fingerprint density at radius 2 is 2.32 bits per heavy atom. The van der Waals surface area contributed by atoms with E-state index in [2.05, 4.69) is 15.5 Å². The minimum atomic E-state index is 0.0853. The number of aromatic nitrogens is 4. The van der Waals surface area contributed by atoms with Crippen molar-refractivity contribution in [3.63, 3.8) is 0 Å². The topological polar surface area (TPSA) is 78.8 Å². The first-order chi connectivity index (χ1) is 9.16. The Bertz CT molecular complexity index is 600. The summed E-state index contributed by atoms with van der Waals surface area (Å²) in [5.74, 6) is 0.625. The van der Waals surface area contributed by atoms with Crippen molar-refractivity contribution in [2.75, 3.05) is 12.3 Å². The molecule has 19 heavy (non-hydrogen) atoms. The molecule has 6 nitrogen and oxygen atoms in total. The van der Waals surface area contributed by atoms with Crippen LogP contribution >= 0.6 is 11.6 Å². The lowest BCUT2D eigenvalue weighted by atomic mass is 10.1. The maximum absolute atomic E-state index is 6.21. The molecule has 7 heteroatoms. The predicted octanol–water partition coefficient (Wildman–Crippen LogP) is 1.93. The number of ether oxygens (including phenoxy) is 1. The lowest BCUT2D eigenvalue weighted by Crippen LogP contribution is -2.19. The average Bonchev–Trinajstić information content (AvgIpc) is 3.00. The summed E-state index contributed by atoms with van der Waals surface area (Å²) in [4.78, 5) is 0. The van der Waals surface area contributed by atoms with E-state index < -0.39 is 0 Å². The normalized spacial score (nSPS) is 22.8. The monoisotopic (exact) mass is 279 g/mol. The van der Waals surface area contributed by atoms with Gasteiger partial charge in [-0.2, -0.15) is 0 Å². The molecule has 0 bridgehead atoms. The second kappa shape index (κ2) is 4.79. The first-order valence-electron chi connectivity index (χ1n) is 6.11. The zero-order chi connectivity index (χ0) is 13.4. The third kappa shape index (κ3) is 2.17. The van der Waals surface area contributed by atoms with Crippen LogP contribution in [0.4, 0.5) is 5.69 Å². The largest absolute Gasteiger partial charge is 0.399 e. The molecule has 0 radical (unpaired) electrons. The van der Waals surface area contributed by atoms with Gasteiger partial charge in [0.25, 0.3) is 0 Å². The summed E-state index contributed by atoms with van der Waals surface area (Å²) in [5, 5.41) is 12.5. The van der Waals surface area contributed by atoms with Crippen LogP contribution in [0.1, 0.15) is 19.4 Å². The molecule has 0 amide bonds. The van der Waals surface area contributed by atoms with Crippen molar-refractivity contribution in [2.45, 2.75) is 25.5 Å². The molecule has 0 spiro atoms. The Morgan fingerprint density at radius 1 is 1.47 bits per heavy atom. The van der Waals surface area contributed by atoms with Gasteiger partial charge in [0.05, 0.1) is 17.2 Å². The number of halogens is 1. The molecule has 1 aromatic carbocycles. The summed E-state index contributed by atoms with van der Waals surface area (Å²) in [6, 6.07) is 5.41. The van der Waals surface area contributed by atoms with Crippen LogP contribution in [0.25, 0.3) is 11.4 Å². The molecular formula is C12H14ClN5O. The second-order valence-corrected chi connectivity index (χ2v) is 5.03. The standard InChI is InChI=1S/C12H14ClN5O/c1-7-11(4-5-19-7)18-12(15-16-17-18)9-6-8(14)2-3-10(9)13/h2-3,6-7,11H,4-5,14H2,1H3. The van der Waals surface area contributed by atoms with E-state index in [4.69, 9.17) is 22.1 Å². The van der Waals surface area contributed by atoms with Gasteiger partial charge in [-0.25, -0.2) is 4.68 Å². The highest BCUT2D eigenvalue weighted by molar-refractivity contribution is 6.33. The van der Waals surface area contributed by atoms with Gasteiger partial charge < -0.3 is 10.5 Å². The zero-order valence-corrected chi connectivity index (χ0v) is 11.2. The van der Waals surface area contributed by atoms with Crippen molar-refractivity contribution < 1.29 is 4.74 Å². The van der Waals surface area contributed by atoms with E-state index in [0.29, 0.717) is 16.5 Å². The van der Waals surface area contributed by atoms with E-state index >= 15 is 0 Å². The van der Waals surface area contributed by atoms with Crippen LogP contribution < -0.4 is 5.73 Å². The van der Waals surface area contributed by atoms with Gasteiger partial charge in [0.2, 0.25) is 0 Å². The average molecular weight is 280 g/mol. The Hall–Kier alpha value is -1.66. The third-order valence-electron chi connectivity index (χ3n) is 3.37. The van der Waals surface area contributed by atoms with E-state index in [0.717, 1.165) is 18.6 Å². The summed E-state index contributed by atoms with van der Waals surface area (Å²) >= 11 is 6.21. The highest BCUT2D eigenvalue weighted by Crippen LogP contribution is 2.32. The molecule has 1 aromatic heterocycles. The molecule has 0 saturated carbocycles. The number of nitrogens with zero attached hydrogens (tertiary/aromatic N) is 4. The zero-order valence-electron chi connectivity index (χ0n) is 10.5. The molecule has 2 aromatic rings. The lowest BCUT2D eigenvalue weighted by Gasteiger charge is -2.16. The Labute approximate surface area is 115 Å². The Balaban J connectivity index is 2.06. The van der Waals surface area contributed by atoms with E-state index in [9.17, 15) is 0 Å². The highest BCUT2D eigenvalue weighted by atomic mass is 35.5. The Morgan fingerprint density at radius 3 is 3.05 bits per heavy atom. The molecule has 2 unspecified atom stereocenters. The number of rotatable bonds is 2. The number of nitrogen functional groups attached to an aromatic ring is 1. The van der Waals surface area contributed by atoms with Crippen molar-refractivity contribution in [2.24, 2.45) is 0 Å². The number of hydrogen-bond acceptors (Lipinski definition) is 5. The molecule has 1 fully saturated rings. The van der Waals surface area contributed by atoms with E-state index in [1.807, 2.05) is 6.92 Å². The first-order valence-corrected chi connectivity index (χ1v) is 6.49. The number of tetrazole rings is 1. The summed E-state index contributed by atoms with van der Waals surface area (Å²) in [5.41, 5.74) is 7.17. The van der Waals surface area contributed by atoms with Crippen LogP contribution in [0.15, 0.2) is 18.2 Å². The third-order valence-corrected chi connectivity index (χ3v) is 3.70. The molecule has 2 N–H and O–H groups in total. The fourth-order valence-corrected chi connectivity index (χ4v) is 2.55. The number of benzene rings is 1. The van der Waals surface area contributed by atoms with Crippen molar-refractivity contribution in [1.29, 1.82) is 0 Å². The fraction of sp³-hybridized carbons (Fsp3) is 0.417. The number of nitrogens with two attached hydrogens (primary N) is 1. The minimum Gasteiger partial charge on any atom is -0.399 e. The number of hydrogen-bond donors (Lipinski definition) is 1. The molecule has 1 saturated heterocycles. The molecule has 1 aliphatic rings. The van der Waals surface area contributed by atoms with Gasteiger partial charge in [-0.1, -0.05) is 11.6 Å². The van der Waals surface area contributed by atoms with E-state index in [1.165, 1.54) is 0 Å². The molecular weight excluding hydrogens is 266 g/mol. The van der Waals surface area contributed by atoms with Crippen LogP contribution in [0.5, 0.6) is 0 Å². The molecule has 1 aliphatic heterocycles. The van der Waals surface area contributed by atoms with Crippen LogP contribution in [0.3, 0.4) is 0 Å². The maximum Gasteiger partial charge on any atom is 0.183 e. The van der Waals surface area contributed by atoms with E-state index in [-0.39, 0.29) is 12.1 Å². The molecule has 0 aliphatic carbocycles. The number of anilines is 1. The van der Waals surface area contributed by atoms with Gasteiger partial charge >= 0.3 is 0 Å². The van der Waals surface area contributed by atoms with Crippen LogP contribution in [0, 0.1) is 0 Å². The van der Waals surface area contributed by atoms with Gasteiger partial charge in [-0.05, 0) is 42.0 Å². The van der Waals surface area contributed by atoms with Gasteiger partial charge in [-0.3, -0.25) is 0 Å².